The Balaban J connectivity index is 1.83. The van der Waals surface area contributed by atoms with Crippen molar-refractivity contribution in [2.75, 3.05) is 7.11 Å². The fourth-order valence-electron chi connectivity index (χ4n) is 4.15. The quantitative estimate of drug-likeness (QED) is 0.893. The summed E-state index contributed by atoms with van der Waals surface area (Å²) in [6.07, 6.45) is 11.1. The first-order chi connectivity index (χ1) is 9.09. The fourth-order valence-corrected chi connectivity index (χ4v) is 4.15. The zero-order valence-electron chi connectivity index (χ0n) is 12.0. The summed E-state index contributed by atoms with van der Waals surface area (Å²) in [5.41, 5.74) is 0.616. The second-order valence-corrected chi connectivity index (χ2v) is 6.42. The van der Waals surface area contributed by atoms with Crippen LogP contribution in [0.25, 0.3) is 0 Å². The third-order valence-corrected chi connectivity index (χ3v) is 5.37. The lowest BCUT2D eigenvalue weighted by molar-refractivity contribution is -0.0448. The summed E-state index contributed by atoms with van der Waals surface area (Å²) in [5, 5.41) is 15.3. The maximum atomic E-state index is 11.0. The summed E-state index contributed by atoms with van der Waals surface area (Å²) in [6.45, 7) is 0. The summed E-state index contributed by atoms with van der Waals surface area (Å²) < 4.78 is 7.13. The maximum absolute atomic E-state index is 11.0. The predicted molar refractivity (Wildman–Crippen MR) is 73.0 cm³/mol. The molecule has 1 aromatic heterocycles. The van der Waals surface area contributed by atoms with E-state index in [0.29, 0.717) is 11.2 Å². The van der Waals surface area contributed by atoms with Crippen LogP contribution in [-0.2, 0) is 12.6 Å². The molecule has 4 heteroatoms. The Labute approximate surface area is 114 Å². The molecular weight excluding hydrogens is 240 g/mol. The van der Waals surface area contributed by atoms with Crippen LogP contribution in [0.15, 0.2) is 6.20 Å². The number of hydrogen-bond donors (Lipinski definition) is 1. The third-order valence-electron chi connectivity index (χ3n) is 5.37. The largest absolute Gasteiger partial charge is 0.493 e. The Morgan fingerprint density at radius 1 is 1.16 bits per heavy atom. The van der Waals surface area contributed by atoms with Gasteiger partial charge in [-0.15, -0.1) is 0 Å². The van der Waals surface area contributed by atoms with Crippen LogP contribution >= 0.6 is 0 Å². The first kappa shape index (κ1) is 13.0. The van der Waals surface area contributed by atoms with Gasteiger partial charge in [-0.25, -0.2) is 0 Å². The summed E-state index contributed by atoms with van der Waals surface area (Å²) in [4.78, 5) is 0. The van der Waals surface area contributed by atoms with Crippen LogP contribution in [-0.4, -0.2) is 22.0 Å². The molecule has 2 fully saturated rings. The number of nitrogens with zero attached hydrogens (tertiary/aromatic N) is 2. The van der Waals surface area contributed by atoms with Gasteiger partial charge >= 0.3 is 0 Å². The Hall–Kier alpha value is -1.03. The van der Waals surface area contributed by atoms with Crippen molar-refractivity contribution >= 4 is 0 Å². The number of aryl methyl sites for hydroxylation is 1. The van der Waals surface area contributed by atoms with Crippen molar-refractivity contribution in [2.24, 2.45) is 12.5 Å². The average Bonchev–Trinajstić information content (AvgIpc) is 3.01. The number of methoxy groups -OCH3 is 1. The first-order valence-electron chi connectivity index (χ1n) is 7.37. The minimum atomic E-state index is -0.759. The van der Waals surface area contributed by atoms with E-state index in [1.807, 2.05) is 7.05 Å². The number of aromatic nitrogens is 2. The molecule has 1 N–H and O–H groups in total. The number of aliphatic hydroxyl groups is 1. The lowest BCUT2D eigenvalue weighted by Crippen LogP contribution is -2.37. The highest BCUT2D eigenvalue weighted by Gasteiger charge is 2.46. The van der Waals surface area contributed by atoms with E-state index in [1.165, 1.54) is 25.7 Å². The molecule has 0 saturated heterocycles. The lowest BCUT2D eigenvalue weighted by atomic mass is 9.67. The van der Waals surface area contributed by atoms with Crippen molar-refractivity contribution in [3.63, 3.8) is 0 Å². The standard InChI is InChI=1S/C15H24N2O2/c1-17-13(12(19-2)11-16-17)15(18)9-7-14(8-10-15)5-3-4-6-14/h11,18H,3-10H2,1-2H3. The van der Waals surface area contributed by atoms with Gasteiger partial charge in [0, 0.05) is 7.05 Å². The summed E-state index contributed by atoms with van der Waals surface area (Å²) in [5.74, 6) is 0.715. The number of rotatable bonds is 2. The Morgan fingerprint density at radius 2 is 1.79 bits per heavy atom. The minimum absolute atomic E-state index is 0.526. The molecule has 1 aromatic rings. The third kappa shape index (κ3) is 2.06. The predicted octanol–water partition coefficient (Wildman–Crippen LogP) is 2.75. The fraction of sp³-hybridized carbons (Fsp3) is 0.800. The molecule has 0 aromatic carbocycles. The summed E-state index contributed by atoms with van der Waals surface area (Å²) in [6, 6.07) is 0. The zero-order valence-corrected chi connectivity index (χ0v) is 12.0. The highest BCUT2D eigenvalue weighted by Crippen LogP contribution is 2.54. The molecule has 19 heavy (non-hydrogen) atoms. The molecule has 0 radical (unpaired) electrons. The summed E-state index contributed by atoms with van der Waals surface area (Å²) in [7, 11) is 3.53. The van der Waals surface area contributed by atoms with Crippen molar-refractivity contribution in [2.45, 2.75) is 57.0 Å². The van der Waals surface area contributed by atoms with Gasteiger partial charge in [-0.3, -0.25) is 4.68 Å². The molecule has 1 spiro atoms. The van der Waals surface area contributed by atoms with Crippen molar-refractivity contribution < 1.29 is 9.84 Å². The van der Waals surface area contributed by atoms with Gasteiger partial charge in [0.05, 0.1) is 13.3 Å². The minimum Gasteiger partial charge on any atom is -0.493 e. The van der Waals surface area contributed by atoms with Gasteiger partial charge in [0.25, 0.3) is 0 Å². The van der Waals surface area contributed by atoms with E-state index in [0.717, 1.165) is 31.4 Å². The molecule has 106 valence electrons. The molecular formula is C15H24N2O2. The monoisotopic (exact) mass is 264 g/mol. The zero-order chi connectivity index (χ0) is 13.5. The van der Waals surface area contributed by atoms with Gasteiger partial charge in [-0.2, -0.15) is 5.10 Å². The van der Waals surface area contributed by atoms with Gasteiger partial charge in [0.1, 0.15) is 11.3 Å². The molecule has 2 aliphatic rings. The smallest absolute Gasteiger partial charge is 0.162 e. The van der Waals surface area contributed by atoms with Gasteiger partial charge in [0.15, 0.2) is 5.75 Å². The normalized spacial score (nSPS) is 24.8. The van der Waals surface area contributed by atoms with E-state index in [4.69, 9.17) is 4.74 Å². The van der Waals surface area contributed by atoms with Crippen molar-refractivity contribution in [3.05, 3.63) is 11.9 Å². The van der Waals surface area contributed by atoms with Crippen LogP contribution in [0.2, 0.25) is 0 Å². The second kappa shape index (κ2) is 4.51. The molecule has 0 unspecified atom stereocenters. The van der Waals surface area contributed by atoms with Crippen LogP contribution in [0.1, 0.15) is 57.1 Å². The van der Waals surface area contributed by atoms with Crippen LogP contribution in [0.5, 0.6) is 5.75 Å². The second-order valence-electron chi connectivity index (χ2n) is 6.42. The van der Waals surface area contributed by atoms with E-state index >= 15 is 0 Å². The van der Waals surface area contributed by atoms with Gasteiger partial charge in [-0.05, 0) is 43.9 Å². The van der Waals surface area contributed by atoms with Crippen LogP contribution in [0, 0.1) is 5.41 Å². The van der Waals surface area contributed by atoms with E-state index in [-0.39, 0.29) is 0 Å². The highest BCUT2D eigenvalue weighted by molar-refractivity contribution is 5.31. The van der Waals surface area contributed by atoms with Crippen molar-refractivity contribution in [1.29, 1.82) is 0 Å². The molecule has 0 aliphatic heterocycles. The molecule has 3 rings (SSSR count). The molecule has 2 saturated carbocycles. The highest BCUT2D eigenvalue weighted by atomic mass is 16.5. The molecule has 1 heterocycles. The molecule has 0 bridgehead atoms. The number of ether oxygens (including phenoxy) is 1. The molecule has 0 amide bonds. The van der Waals surface area contributed by atoms with Crippen LogP contribution in [0.4, 0.5) is 0 Å². The first-order valence-corrected chi connectivity index (χ1v) is 7.37. The topological polar surface area (TPSA) is 47.3 Å². The van der Waals surface area contributed by atoms with Crippen LogP contribution in [0.3, 0.4) is 0 Å². The number of hydrogen-bond acceptors (Lipinski definition) is 3. The summed E-state index contributed by atoms with van der Waals surface area (Å²) >= 11 is 0. The lowest BCUT2D eigenvalue weighted by Gasteiger charge is -2.42. The van der Waals surface area contributed by atoms with Crippen molar-refractivity contribution in [1.82, 2.24) is 9.78 Å². The SMILES string of the molecule is COc1cnn(C)c1C1(O)CCC2(CCCC2)CC1. The average molecular weight is 264 g/mol. The van der Waals surface area contributed by atoms with E-state index in [1.54, 1.807) is 18.0 Å². The Kier molecular flexibility index (Phi) is 3.08. The van der Waals surface area contributed by atoms with E-state index in [9.17, 15) is 5.11 Å². The molecule has 0 atom stereocenters. The maximum Gasteiger partial charge on any atom is 0.162 e. The van der Waals surface area contributed by atoms with Gasteiger partial charge in [-0.1, -0.05) is 12.8 Å². The van der Waals surface area contributed by atoms with Gasteiger partial charge < -0.3 is 9.84 Å². The molecule has 2 aliphatic carbocycles. The van der Waals surface area contributed by atoms with Gasteiger partial charge in [0.2, 0.25) is 0 Å². The Bertz CT molecular complexity index is 451. The van der Waals surface area contributed by atoms with Crippen LogP contribution < -0.4 is 4.74 Å². The Morgan fingerprint density at radius 3 is 2.37 bits per heavy atom. The van der Waals surface area contributed by atoms with E-state index < -0.39 is 5.60 Å². The van der Waals surface area contributed by atoms with Crippen molar-refractivity contribution in [3.8, 4) is 5.75 Å². The van der Waals surface area contributed by atoms with E-state index in [2.05, 4.69) is 5.10 Å². The molecule has 4 nitrogen and oxygen atoms in total.